The van der Waals surface area contributed by atoms with E-state index in [2.05, 4.69) is 4.74 Å². The molecule has 0 unspecified atom stereocenters. The lowest BCUT2D eigenvalue weighted by Gasteiger charge is -2.24. The number of ether oxygens (including phenoxy) is 1. The Morgan fingerprint density at radius 3 is 1.06 bits per heavy atom. The van der Waals surface area contributed by atoms with Crippen molar-refractivity contribution in [2.75, 3.05) is 13.2 Å². The van der Waals surface area contributed by atoms with E-state index in [0.717, 1.165) is 0 Å². The molecule has 0 aliphatic heterocycles. The van der Waals surface area contributed by atoms with Crippen LogP contribution in [0.3, 0.4) is 0 Å². The van der Waals surface area contributed by atoms with Gasteiger partial charge in [-0.05, 0) is 0 Å². The van der Waals surface area contributed by atoms with Gasteiger partial charge in [-0.1, -0.05) is 0 Å². The number of halogens is 8. The second-order valence-corrected chi connectivity index (χ2v) is 2.98. The average Bonchev–Trinajstić information content (AvgIpc) is 1.98. The molecule has 0 bridgehead atoms. The molecule has 0 spiro atoms. The molecule has 2 N–H and O–H groups in total. The van der Waals surface area contributed by atoms with Gasteiger partial charge in [0.25, 0.3) is 0 Å². The van der Waals surface area contributed by atoms with Crippen molar-refractivity contribution < 1.29 is 50.1 Å². The van der Waals surface area contributed by atoms with E-state index >= 15 is 0 Å². The molecular formula is C6H6F8O3. The predicted octanol–water partition coefficient (Wildman–Crippen LogP) is 1.44. The Labute approximate surface area is 88.6 Å². The lowest BCUT2D eigenvalue weighted by Crippen LogP contribution is -2.48. The molecule has 0 aromatic carbocycles. The Morgan fingerprint density at radius 1 is 0.647 bits per heavy atom. The monoisotopic (exact) mass is 278 g/mol. The maximum Gasteiger partial charge on any atom is 0.419 e. The van der Waals surface area contributed by atoms with E-state index in [-0.39, 0.29) is 0 Å². The van der Waals surface area contributed by atoms with Gasteiger partial charge in [0.05, 0.1) is 0 Å². The van der Waals surface area contributed by atoms with Gasteiger partial charge in [0.15, 0.2) is 0 Å². The highest BCUT2D eigenvalue weighted by Gasteiger charge is 2.58. The van der Waals surface area contributed by atoms with E-state index in [1.54, 1.807) is 0 Å². The summed E-state index contributed by atoms with van der Waals surface area (Å²) in [6.07, 6.45) is -11.1. The SMILES string of the molecule is OC(F)(F)C(F)(F)COCC(F)(F)C(O)(F)F. The van der Waals surface area contributed by atoms with Crippen molar-refractivity contribution >= 4 is 0 Å². The number of hydrogen-bond acceptors (Lipinski definition) is 3. The van der Waals surface area contributed by atoms with Gasteiger partial charge in [-0.2, -0.15) is 35.1 Å². The standard InChI is InChI=1S/C6H6F8O3/c7-3(8,5(11,12)15)1-17-2-4(9,10)6(13,14)16/h15-16H,1-2H2. The van der Waals surface area contributed by atoms with Crippen molar-refractivity contribution in [1.82, 2.24) is 0 Å². The van der Waals surface area contributed by atoms with Crippen LogP contribution in [0.2, 0.25) is 0 Å². The van der Waals surface area contributed by atoms with Crippen molar-refractivity contribution in [3.05, 3.63) is 0 Å². The summed E-state index contributed by atoms with van der Waals surface area (Å²) in [7, 11) is 0. The fourth-order valence-corrected chi connectivity index (χ4v) is 0.481. The van der Waals surface area contributed by atoms with Crippen LogP contribution in [0.1, 0.15) is 0 Å². The van der Waals surface area contributed by atoms with E-state index < -0.39 is 37.3 Å². The molecule has 104 valence electrons. The average molecular weight is 278 g/mol. The van der Waals surface area contributed by atoms with Crippen LogP contribution in [0.15, 0.2) is 0 Å². The maximum atomic E-state index is 12.2. The van der Waals surface area contributed by atoms with Gasteiger partial charge in [-0.3, -0.25) is 0 Å². The molecule has 0 radical (unpaired) electrons. The molecule has 3 nitrogen and oxygen atoms in total. The topological polar surface area (TPSA) is 49.7 Å². The van der Waals surface area contributed by atoms with Crippen LogP contribution in [0.5, 0.6) is 0 Å². The Bertz CT molecular complexity index is 229. The first-order valence-corrected chi connectivity index (χ1v) is 3.74. The molecule has 0 heterocycles. The zero-order valence-electron chi connectivity index (χ0n) is 7.74. The van der Waals surface area contributed by atoms with Crippen LogP contribution in [-0.2, 0) is 4.74 Å². The zero-order valence-corrected chi connectivity index (χ0v) is 7.74. The van der Waals surface area contributed by atoms with Crippen molar-refractivity contribution in [3.63, 3.8) is 0 Å². The van der Waals surface area contributed by atoms with E-state index in [0.29, 0.717) is 0 Å². The first kappa shape index (κ1) is 16.3. The fourth-order valence-electron chi connectivity index (χ4n) is 0.481. The van der Waals surface area contributed by atoms with Gasteiger partial charge in [0.2, 0.25) is 0 Å². The maximum absolute atomic E-state index is 12.2. The van der Waals surface area contributed by atoms with Crippen LogP contribution in [0, 0.1) is 0 Å². The molecule has 0 atom stereocenters. The summed E-state index contributed by atoms with van der Waals surface area (Å²) in [6.45, 7) is -4.86. The molecule has 0 aliphatic rings. The second kappa shape index (κ2) is 4.53. The quantitative estimate of drug-likeness (QED) is 0.723. The molecule has 0 aliphatic carbocycles. The van der Waals surface area contributed by atoms with E-state index in [1.165, 1.54) is 0 Å². The summed E-state index contributed by atoms with van der Waals surface area (Å²) in [5, 5.41) is 15.2. The first-order valence-electron chi connectivity index (χ1n) is 3.74. The Hall–Kier alpha value is -0.680. The third-order valence-electron chi connectivity index (χ3n) is 1.45. The molecule has 0 saturated heterocycles. The Balaban J connectivity index is 4.36. The molecule has 0 fully saturated rings. The minimum absolute atomic E-state index is 2.43. The van der Waals surface area contributed by atoms with Crippen LogP contribution in [-0.4, -0.2) is 47.5 Å². The predicted molar refractivity (Wildman–Crippen MR) is 35.0 cm³/mol. The lowest BCUT2D eigenvalue weighted by molar-refractivity contribution is -0.356. The zero-order chi connectivity index (χ0) is 14.1. The van der Waals surface area contributed by atoms with Gasteiger partial charge in [0.1, 0.15) is 13.2 Å². The molecule has 17 heavy (non-hydrogen) atoms. The minimum atomic E-state index is -5.55. The van der Waals surface area contributed by atoms with E-state index in [1.807, 2.05) is 0 Å². The van der Waals surface area contributed by atoms with E-state index in [4.69, 9.17) is 10.2 Å². The lowest BCUT2D eigenvalue weighted by atomic mass is 10.3. The van der Waals surface area contributed by atoms with Crippen LogP contribution >= 0.6 is 0 Å². The van der Waals surface area contributed by atoms with Gasteiger partial charge in [0, 0.05) is 0 Å². The molecule has 0 aromatic rings. The minimum Gasteiger partial charge on any atom is -0.368 e. The second-order valence-electron chi connectivity index (χ2n) is 2.98. The fraction of sp³-hybridized carbons (Fsp3) is 1.00. The molecule has 0 saturated carbocycles. The molecule has 0 aromatic heterocycles. The Morgan fingerprint density at radius 2 is 0.882 bits per heavy atom. The van der Waals surface area contributed by atoms with Crippen LogP contribution < -0.4 is 0 Å². The van der Waals surface area contributed by atoms with Crippen LogP contribution in [0.25, 0.3) is 0 Å². The van der Waals surface area contributed by atoms with Crippen molar-refractivity contribution in [3.8, 4) is 0 Å². The highest BCUT2D eigenvalue weighted by Crippen LogP contribution is 2.34. The van der Waals surface area contributed by atoms with Gasteiger partial charge in [-0.25, -0.2) is 0 Å². The van der Waals surface area contributed by atoms with Crippen molar-refractivity contribution in [1.29, 1.82) is 0 Å². The van der Waals surface area contributed by atoms with Crippen molar-refractivity contribution in [2.24, 2.45) is 0 Å². The van der Waals surface area contributed by atoms with Crippen molar-refractivity contribution in [2.45, 2.75) is 24.1 Å². The molecular weight excluding hydrogens is 272 g/mol. The largest absolute Gasteiger partial charge is 0.419 e. The third kappa shape index (κ3) is 4.24. The number of aliphatic hydroxyl groups is 2. The smallest absolute Gasteiger partial charge is 0.368 e. The summed E-state index contributed by atoms with van der Waals surface area (Å²) in [5.74, 6) is -10.5. The summed E-state index contributed by atoms with van der Waals surface area (Å²) < 4.78 is 98.7. The third-order valence-corrected chi connectivity index (χ3v) is 1.45. The van der Waals surface area contributed by atoms with Gasteiger partial charge >= 0.3 is 24.1 Å². The first-order chi connectivity index (χ1) is 7.21. The van der Waals surface area contributed by atoms with Gasteiger partial charge < -0.3 is 14.9 Å². The normalized spacial score (nSPS) is 15.2. The molecule has 0 rings (SSSR count). The van der Waals surface area contributed by atoms with Gasteiger partial charge in [-0.15, -0.1) is 0 Å². The Kier molecular flexibility index (Phi) is 4.35. The number of hydrogen-bond donors (Lipinski definition) is 2. The highest BCUT2D eigenvalue weighted by molar-refractivity contribution is 4.78. The molecule has 0 amide bonds. The summed E-state index contributed by atoms with van der Waals surface area (Å²) in [4.78, 5) is 0. The summed E-state index contributed by atoms with van der Waals surface area (Å²) >= 11 is 0. The highest BCUT2D eigenvalue weighted by atomic mass is 19.3. The van der Waals surface area contributed by atoms with E-state index in [9.17, 15) is 35.1 Å². The number of rotatable bonds is 6. The number of alkyl halides is 8. The summed E-state index contributed by atoms with van der Waals surface area (Å²) in [5.41, 5.74) is 0. The molecule has 11 heteroatoms. The van der Waals surface area contributed by atoms with Crippen LogP contribution in [0.4, 0.5) is 35.1 Å². The summed E-state index contributed by atoms with van der Waals surface area (Å²) in [6, 6.07) is 0.